The van der Waals surface area contributed by atoms with Gasteiger partial charge in [0.25, 0.3) is 0 Å². The molecule has 0 heterocycles. The van der Waals surface area contributed by atoms with E-state index in [0.29, 0.717) is 18.4 Å². The molecular formula is C25H20NaO5P. The summed E-state index contributed by atoms with van der Waals surface area (Å²) in [4.78, 5) is 24.5. The van der Waals surface area contributed by atoms with Crippen LogP contribution < -0.4 is 43.5 Å². The SMILES string of the molecule is O=C(CCc1ccc(OP(=O)([O-])Oc2ccc3ccccc3c2)cc1)c1ccccc1.[Na+]. The Kier molecular flexibility index (Phi) is 8.30. The van der Waals surface area contributed by atoms with Crippen LogP contribution in [-0.2, 0) is 11.0 Å². The Labute approximate surface area is 208 Å². The minimum atomic E-state index is -4.60. The quantitative estimate of drug-likeness (QED) is 0.232. The number of ketones is 1. The van der Waals surface area contributed by atoms with Crippen LogP contribution in [0.25, 0.3) is 10.8 Å². The Morgan fingerprint density at radius 1 is 0.750 bits per heavy atom. The predicted octanol–water partition coefficient (Wildman–Crippen LogP) is 2.59. The maximum absolute atomic E-state index is 12.3. The molecular weight excluding hydrogens is 434 g/mol. The summed E-state index contributed by atoms with van der Waals surface area (Å²) in [7, 11) is -4.60. The number of phosphoric ester groups is 1. The van der Waals surface area contributed by atoms with Gasteiger partial charge in [0.15, 0.2) is 5.78 Å². The molecule has 156 valence electrons. The molecule has 0 aliphatic heterocycles. The minimum absolute atomic E-state index is 0. The zero-order valence-electron chi connectivity index (χ0n) is 17.6. The van der Waals surface area contributed by atoms with Crippen molar-refractivity contribution in [1.29, 1.82) is 0 Å². The molecule has 0 saturated heterocycles. The molecule has 0 radical (unpaired) electrons. The van der Waals surface area contributed by atoms with E-state index in [1.807, 2.05) is 42.5 Å². The van der Waals surface area contributed by atoms with E-state index < -0.39 is 7.82 Å². The summed E-state index contributed by atoms with van der Waals surface area (Å²) in [6, 6.07) is 28.3. The van der Waals surface area contributed by atoms with E-state index in [9.17, 15) is 14.3 Å². The molecule has 0 amide bonds. The molecule has 32 heavy (non-hydrogen) atoms. The molecule has 0 fully saturated rings. The van der Waals surface area contributed by atoms with Crippen LogP contribution in [0, 0.1) is 0 Å². The standard InChI is InChI=1S/C25H21O5P.Na/c26-25(21-7-2-1-3-8-21)17-12-19-10-14-23(15-11-19)29-31(27,28)30-24-16-13-20-6-4-5-9-22(20)18-24;/h1-11,13-16,18H,12,17H2,(H,27,28);/q;+1/p-1. The first-order valence-corrected chi connectivity index (χ1v) is 11.3. The van der Waals surface area contributed by atoms with E-state index in [1.54, 1.807) is 54.6 Å². The van der Waals surface area contributed by atoms with Gasteiger partial charge in [-0.1, -0.05) is 72.8 Å². The molecule has 0 aromatic heterocycles. The van der Waals surface area contributed by atoms with Crippen molar-refractivity contribution in [3.05, 3.63) is 108 Å². The molecule has 0 saturated carbocycles. The Bertz CT molecular complexity index is 1240. The Balaban J connectivity index is 0.00000289. The molecule has 0 N–H and O–H groups in total. The fourth-order valence-corrected chi connectivity index (χ4v) is 4.03. The van der Waals surface area contributed by atoms with Crippen LogP contribution in [0.2, 0.25) is 0 Å². The molecule has 7 heteroatoms. The number of aryl methyl sites for hydroxylation is 1. The predicted molar refractivity (Wildman–Crippen MR) is 118 cm³/mol. The first-order chi connectivity index (χ1) is 15.0. The van der Waals surface area contributed by atoms with Crippen molar-refractivity contribution in [2.75, 3.05) is 0 Å². The van der Waals surface area contributed by atoms with E-state index in [4.69, 9.17) is 9.05 Å². The summed E-state index contributed by atoms with van der Waals surface area (Å²) in [5.74, 6) is 0.402. The van der Waals surface area contributed by atoms with Gasteiger partial charge in [0.1, 0.15) is 11.5 Å². The van der Waals surface area contributed by atoms with Crippen LogP contribution in [0.1, 0.15) is 22.3 Å². The number of phosphoric acid groups is 1. The van der Waals surface area contributed by atoms with Crippen LogP contribution in [0.3, 0.4) is 0 Å². The van der Waals surface area contributed by atoms with Gasteiger partial charge in [-0.15, -0.1) is 0 Å². The van der Waals surface area contributed by atoms with Crippen molar-refractivity contribution in [2.24, 2.45) is 0 Å². The van der Waals surface area contributed by atoms with Crippen molar-refractivity contribution in [2.45, 2.75) is 12.8 Å². The fourth-order valence-electron chi connectivity index (χ4n) is 3.24. The second-order valence-corrected chi connectivity index (χ2v) is 8.33. The van der Waals surface area contributed by atoms with Crippen molar-refractivity contribution < 1.29 is 52.9 Å². The van der Waals surface area contributed by atoms with Gasteiger partial charge in [-0.05, 0) is 47.0 Å². The van der Waals surface area contributed by atoms with Crippen LogP contribution in [0.15, 0.2) is 97.1 Å². The van der Waals surface area contributed by atoms with Gasteiger partial charge in [0.2, 0.25) is 0 Å². The number of fused-ring (bicyclic) bond motifs is 1. The second-order valence-electron chi connectivity index (χ2n) is 7.07. The van der Waals surface area contributed by atoms with Crippen molar-refractivity contribution in [3.63, 3.8) is 0 Å². The van der Waals surface area contributed by atoms with Gasteiger partial charge in [-0.3, -0.25) is 4.79 Å². The number of rotatable bonds is 8. The fraction of sp³-hybridized carbons (Fsp3) is 0.0800. The van der Waals surface area contributed by atoms with Gasteiger partial charge in [-0.25, -0.2) is 4.57 Å². The van der Waals surface area contributed by atoms with E-state index in [-0.39, 0.29) is 46.8 Å². The summed E-state index contributed by atoms with van der Waals surface area (Å²) in [5.41, 5.74) is 1.59. The van der Waals surface area contributed by atoms with Crippen LogP contribution in [-0.4, -0.2) is 5.78 Å². The average molecular weight is 454 g/mol. The molecule has 1 atom stereocenters. The van der Waals surface area contributed by atoms with Crippen molar-refractivity contribution >= 4 is 24.4 Å². The maximum Gasteiger partial charge on any atom is 1.00 e. The van der Waals surface area contributed by atoms with Gasteiger partial charge in [-0.2, -0.15) is 0 Å². The van der Waals surface area contributed by atoms with Crippen LogP contribution in [0.4, 0.5) is 0 Å². The molecule has 0 aliphatic rings. The molecule has 5 nitrogen and oxygen atoms in total. The first-order valence-electron chi connectivity index (χ1n) is 9.85. The molecule has 0 aliphatic carbocycles. The van der Waals surface area contributed by atoms with Crippen LogP contribution in [0.5, 0.6) is 11.5 Å². The third-order valence-electron chi connectivity index (χ3n) is 4.82. The Morgan fingerprint density at radius 3 is 2.06 bits per heavy atom. The number of hydrogen-bond acceptors (Lipinski definition) is 5. The number of hydrogen-bond donors (Lipinski definition) is 0. The number of carbonyl (C=O) groups excluding carboxylic acids is 1. The monoisotopic (exact) mass is 454 g/mol. The molecule has 0 bridgehead atoms. The number of Topliss-reactive ketones (excluding diaryl/α,β-unsaturated/α-hetero) is 1. The summed E-state index contributed by atoms with van der Waals surface area (Å²) in [6.07, 6.45) is 0.923. The average Bonchev–Trinajstić information content (AvgIpc) is 2.78. The molecule has 4 rings (SSSR count). The minimum Gasteiger partial charge on any atom is -0.736 e. The van der Waals surface area contributed by atoms with Gasteiger partial charge in [0.05, 0.1) is 0 Å². The zero-order chi connectivity index (χ0) is 21.7. The number of benzene rings is 4. The van der Waals surface area contributed by atoms with E-state index in [1.165, 1.54) is 0 Å². The molecule has 4 aromatic carbocycles. The first kappa shape index (κ1) is 24.2. The summed E-state index contributed by atoms with van der Waals surface area (Å²) in [6.45, 7) is 0. The molecule has 0 spiro atoms. The van der Waals surface area contributed by atoms with Crippen molar-refractivity contribution in [3.8, 4) is 11.5 Å². The third-order valence-corrected chi connectivity index (χ3v) is 5.68. The van der Waals surface area contributed by atoms with Gasteiger partial charge >= 0.3 is 37.4 Å². The van der Waals surface area contributed by atoms with Crippen LogP contribution >= 0.6 is 7.82 Å². The van der Waals surface area contributed by atoms with E-state index >= 15 is 0 Å². The van der Waals surface area contributed by atoms with Gasteiger partial charge in [0, 0.05) is 12.0 Å². The summed E-state index contributed by atoms with van der Waals surface area (Å²) < 4.78 is 22.5. The number of carbonyl (C=O) groups is 1. The molecule has 1 unspecified atom stereocenters. The summed E-state index contributed by atoms with van der Waals surface area (Å²) in [5, 5.41) is 1.85. The van der Waals surface area contributed by atoms with E-state index in [0.717, 1.165) is 16.3 Å². The zero-order valence-corrected chi connectivity index (χ0v) is 20.5. The smallest absolute Gasteiger partial charge is 0.736 e. The maximum atomic E-state index is 12.3. The van der Waals surface area contributed by atoms with Gasteiger partial charge < -0.3 is 13.9 Å². The van der Waals surface area contributed by atoms with Crippen molar-refractivity contribution in [1.82, 2.24) is 0 Å². The van der Waals surface area contributed by atoms with E-state index in [2.05, 4.69) is 0 Å². The topological polar surface area (TPSA) is 75.7 Å². The largest absolute Gasteiger partial charge is 1.00 e. The summed E-state index contributed by atoms with van der Waals surface area (Å²) >= 11 is 0. The third kappa shape index (κ3) is 6.55. The second kappa shape index (κ2) is 11.0. The Hall–Kier alpha value is -2.40. The Morgan fingerprint density at radius 2 is 1.34 bits per heavy atom. The molecule has 4 aromatic rings. The normalized spacial score (nSPS) is 12.4.